The van der Waals surface area contributed by atoms with Gasteiger partial charge in [-0.2, -0.15) is 0 Å². The highest BCUT2D eigenvalue weighted by molar-refractivity contribution is 7.12. The minimum Gasteiger partial charge on any atom is -0.322 e. The van der Waals surface area contributed by atoms with Gasteiger partial charge in [-0.25, -0.2) is 0 Å². The second-order valence-electron chi connectivity index (χ2n) is 6.28. The fourth-order valence-electron chi connectivity index (χ4n) is 2.96. The number of carbonyl (C=O) groups excluding carboxylic acids is 2. The molecule has 0 aliphatic carbocycles. The van der Waals surface area contributed by atoms with Gasteiger partial charge in [0.2, 0.25) is 0 Å². The van der Waals surface area contributed by atoms with Crippen LogP contribution in [0.3, 0.4) is 0 Å². The van der Waals surface area contributed by atoms with Crippen molar-refractivity contribution < 1.29 is 9.59 Å². The van der Waals surface area contributed by atoms with Crippen LogP contribution in [0.5, 0.6) is 0 Å². The second-order valence-corrected chi connectivity index (χ2v) is 7.23. The van der Waals surface area contributed by atoms with Crippen molar-refractivity contribution in [2.24, 2.45) is 0 Å². The second kappa shape index (κ2) is 5.78. The largest absolute Gasteiger partial charge is 0.322 e. The summed E-state index contributed by atoms with van der Waals surface area (Å²) in [5, 5.41) is 1.88. The third kappa shape index (κ3) is 2.63. The number of nitrogens with zero attached hydrogens (tertiary/aromatic N) is 1. The molecule has 0 spiro atoms. The van der Waals surface area contributed by atoms with Gasteiger partial charge in [0, 0.05) is 12.1 Å². The van der Waals surface area contributed by atoms with Crippen molar-refractivity contribution in [3.05, 3.63) is 63.9 Å². The summed E-state index contributed by atoms with van der Waals surface area (Å²) in [5.41, 5.74) is 1.78. The number of thiophene rings is 1. The molecule has 0 saturated carbocycles. The first kappa shape index (κ1) is 15.7. The standard InChI is InChI=1S/C19H19NO2S/c1-13-12-20(18(22)16(13)14-8-5-4-6-9-14)19(2,3)17(21)15-10-7-11-23-15/h4-11H,12H2,1-3H3. The van der Waals surface area contributed by atoms with Crippen LogP contribution in [0.15, 0.2) is 53.4 Å². The van der Waals surface area contributed by atoms with Crippen LogP contribution in [-0.2, 0) is 4.79 Å². The quantitative estimate of drug-likeness (QED) is 0.796. The number of hydrogen-bond donors (Lipinski definition) is 0. The van der Waals surface area contributed by atoms with E-state index in [4.69, 9.17) is 0 Å². The summed E-state index contributed by atoms with van der Waals surface area (Å²) < 4.78 is 0. The minimum atomic E-state index is -0.861. The molecule has 1 aliphatic rings. The maximum Gasteiger partial charge on any atom is 0.255 e. The molecule has 0 bridgehead atoms. The molecule has 1 aliphatic heterocycles. The Labute approximate surface area is 140 Å². The molecule has 1 amide bonds. The average molecular weight is 325 g/mol. The molecule has 0 saturated heterocycles. The molecule has 3 nitrogen and oxygen atoms in total. The first-order chi connectivity index (χ1) is 10.9. The van der Waals surface area contributed by atoms with Crippen molar-refractivity contribution in [3.63, 3.8) is 0 Å². The van der Waals surface area contributed by atoms with Crippen LogP contribution in [-0.4, -0.2) is 28.7 Å². The normalized spacial score (nSPS) is 15.4. The van der Waals surface area contributed by atoms with Crippen molar-refractivity contribution in [1.29, 1.82) is 0 Å². The van der Waals surface area contributed by atoms with E-state index in [0.717, 1.165) is 16.7 Å². The van der Waals surface area contributed by atoms with Crippen molar-refractivity contribution >= 4 is 28.6 Å². The van der Waals surface area contributed by atoms with Crippen LogP contribution in [0.1, 0.15) is 36.0 Å². The van der Waals surface area contributed by atoms with Gasteiger partial charge in [-0.05, 0) is 43.4 Å². The molecule has 0 radical (unpaired) electrons. The van der Waals surface area contributed by atoms with E-state index in [1.54, 1.807) is 4.90 Å². The summed E-state index contributed by atoms with van der Waals surface area (Å²) in [4.78, 5) is 28.1. The Kier molecular flexibility index (Phi) is 3.94. The van der Waals surface area contributed by atoms with Gasteiger partial charge in [-0.15, -0.1) is 11.3 Å². The van der Waals surface area contributed by atoms with Gasteiger partial charge in [-0.1, -0.05) is 36.4 Å². The van der Waals surface area contributed by atoms with Crippen LogP contribution >= 0.6 is 11.3 Å². The van der Waals surface area contributed by atoms with E-state index in [-0.39, 0.29) is 11.7 Å². The number of ketones is 1. The monoisotopic (exact) mass is 325 g/mol. The molecule has 1 aromatic heterocycles. The molecular formula is C19H19NO2S. The van der Waals surface area contributed by atoms with Gasteiger partial charge in [0.1, 0.15) is 5.54 Å². The number of Topliss-reactive ketones (excluding diaryl/α,β-unsaturated/α-hetero) is 1. The van der Waals surface area contributed by atoms with E-state index >= 15 is 0 Å². The molecule has 4 heteroatoms. The van der Waals surface area contributed by atoms with Crippen LogP contribution in [0, 0.1) is 0 Å². The van der Waals surface area contributed by atoms with E-state index in [2.05, 4.69) is 0 Å². The first-order valence-electron chi connectivity index (χ1n) is 7.58. The summed E-state index contributed by atoms with van der Waals surface area (Å²) in [6.07, 6.45) is 0. The number of hydrogen-bond acceptors (Lipinski definition) is 3. The molecule has 3 rings (SSSR count). The zero-order chi connectivity index (χ0) is 16.6. The summed E-state index contributed by atoms with van der Waals surface area (Å²) in [5.74, 6) is -0.0773. The molecule has 1 aromatic carbocycles. The fourth-order valence-corrected chi connectivity index (χ4v) is 3.78. The summed E-state index contributed by atoms with van der Waals surface area (Å²) >= 11 is 1.41. The minimum absolute atomic E-state index is 0.0111. The smallest absolute Gasteiger partial charge is 0.255 e. The third-order valence-corrected chi connectivity index (χ3v) is 5.19. The van der Waals surface area contributed by atoms with Crippen LogP contribution in [0.4, 0.5) is 0 Å². The first-order valence-corrected chi connectivity index (χ1v) is 8.46. The topological polar surface area (TPSA) is 37.4 Å². The van der Waals surface area contributed by atoms with E-state index in [0.29, 0.717) is 11.4 Å². The Morgan fingerprint density at radius 1 is 1.13 bits per heavy atom. The Morgan fingerprint density at radius 2 is 1.83 bits per heavy atom. The fraction of sp³-hybridized carbons (Fsp3) is 0.263. The lowest BCUT2D eigenvalue weighted by Gasteiger charge is -2.34. The number of amides is 1. The van der Waals surface area contributed by atoms with Crippen molar-refractivity contribution in [1.82, 2.24) is 4.90 Å². The molecule has 0 fully saturated rings. The van der Waals surface area contributed by atoms with E-state index in [1.165, 1.54) is 11.3 Å². The molecular weight excluding hydrogens is 306 g/mol. The van der Waals surface area contributed by atoms with Crippen molar-refractivity contribution in [3.8, 4) is 0 Å². The molecule has 2 aromatic rings. The predicted octanol–water partition coefficient (Wildman–Crippen LogP) is 4.03. The number of carbonyl (C=O) groups is 2. The van der Waals surface area contributed by atoms with E-state index in [9.17, 15) is 9.59 Å². The van der Waals surface area contributed by atoms with E-state index < -0.39 is 5.54 Å². The van der Waals surface area contributed by atoms with Crippen LogP contribution in [0.25, 0.3) is 5.57 Å². The van der Waals surface area contributed by atoms with Crippen LogP contribution in [0.2, 0.25) is 0 Å². The SMILES string of the molecule is CC1=C(c2ccccc2)C(=O)N(C(C)(C)C(=O)c2cccs2)C1. The highest BCUT2D eigenvalue weighted by Crippen LogP contribution is 2.34. The van der Waals surface area contributed by atoms with Gasteiger partial charge in [0.15, 0.2) is 5.78 Å². The lowest BCUT2D eigenvalue weighted by molar-refractivity contribution is -0.127. The Balaban J connectivity index is 1.92. The Bertz CT molecular complexity index is 773. The highest BCUT2D eigenvalue weighted by Gasteiger charge is 2.43. The van der Waals surface area contributed by atoms with Crippen molar-refractivity contribution in [2.45, 2.75) is 26.3 Å². The molecule has 23 heavy (non-hydrogen) atoms. The van der Waals surface area contributed by atoms with Gasteiger partial charge in [-0.3, -0.25) is 9.59 Å². The summed E-state index contributed by atoms with van der Waals surface area (Å²) in [6, 6.07) is 13.3. The van der Waals surface area contributed by atoms with Gasteiger partial charge in [0.05, 0.1) is 4.88 Å². The zero-order valence-corrected chi connectivity index (χ0v) is 14.3. The van der Waals surface area contributed by atoms with Gasteiger partial charge >= 0.3 is 0 Å². The lowest BCUT2D eigenvalue weighted by atomic mass is 9.95. The van der Waals surface area contributed by atoms with Gasteiger partial charge in [0.25, 0.3) is 5.91 Å². The Hall–Kier alpha value is -2.20. The molecule has 0 atom stereocenters. The number of benzene rings is 1. The summed E-state index contributed by atoms with van der Waals surface area (Å²) in [7, 11) is 0. The maximum atomic E-state index is 13.0. The zero-order valence-electron chi connectivity index (χ0n) is 13.5. The van der Waals surface area contributed by atoms with Gasteiger partial charge < -0.3 is 4.90 Å². The average Bonchev–Trinajstić information content (AvgIpc) is 3.16. The van der Waals surface area contributed by atoms with Crippen molar-refractivity contribution in [2.75, 3.05) is 6.54 Å². The molecule has 2 heterocycles. The highest BCUT2D eigenvalue weighted by atomic mass is 32.1. The van der Waals surface area contributed by atoms with Crippen LogP contribution < -0.4 is 0 Å². The molecule has 118 valence electrons. The third-order valence-electron chi connectivity index (χ3n) is 4.32. The predicted molar refractivity (Wildman–Crippen MR) is 93.5 cm³/mol. The Morgan fingerprint density at radius 3 is 2.43 bits per heavy atom. The molecule has 0 unspecified atom stereocenters. The molecule has 0 N–H and O–H groups in total. The maximum absolute atomic E-state index is 13.0. The lowest BCUT2D eigenvalue weighted by Crippen LogP contribution is -2.51. The van der Waals surface area contributed by atoms with E-state index in [1.807, 2.05) is 68.6 Å². The summed E-state index contributed by atoms with van der Waals surface area (Å²) in [6.45, 7) is 6.11. The number of rotatable bonds is 4.